The van der Waals surface area contributed by atoms with Gasteiger partial charge in [-0.2, -0.15) is 0 Å². The fraction of sp³-hybridized carbons (Fsp3) is 0.273. The Morgan fingerprint density at radius 1 is 1.10 bits per heavy atom. The first-order chi connectivity index (χ1) is 14.1. The zero-order valence-corrected chi connectivity index (χ0v) is 16.1. The highest BCUT2D eigenvalue weighted by Crippen LogP contribution is 2.31. The van der Waals surface area contributed by atoms with E-state index in [1.807, 2.05) is 25.1 Å². The molecule has 7 heteroatoms. The molecule has 0 spiro atoms. The molecule has 1 N–H and O–H groups in total. The molecular formula is C22H21N5O2. The van der Waals surface area contributed by atoms with E-state index >= 15 is 0 Å². The van der Waals surface area contributed by atoms with Gasteiger partial charge in [0.05, 0.1) is 6.10 Å². The highest BCUT2D eigenvalue weighted by molar-refractivity contribution is 5.91. The van der Waals surface area contributed by atoms with Crippen molar-refractivity contribution >= 4 is 22.5 Å². The second kappa shape index (κ2) is 6.93. The summed E-state index contributed by atoms with van der Waals surface area (Å²) in [6.07, 6.45) is 1.82. The van der Waals surface area contributed by atoms with Crippen LogP contribution in [0.3, 0.4) is 0 Å². The van der Waals surface area contributed by atoms with Crippen molar-refractivity contribution in [2.75, 3.05) is 13.1 Å². The molecular weight excluding hydrogens is 366 g/mol. The standard InChI is InChI=1S/C22H21N5O2/c1-14-8-11-27-20(24-25-22(27)23-14)21(29)26-10-9-18(19(28)13-26)17-7-6-15-4-2-3-5-16(15)12-17/h2-8,11-12,18-19,28H,9-10,13H2,1H3/t18-,19+/m1/s1. The van der Waals surface area contributed by atoms with Crippen LogP contribution >= 0.6 is 0 Å². The lowest BCUT2D eigenvalue weighted by molar-refractivity contribution is 0.0372. The highest BCUT2D eigenvalue weighted by Gasteiger charge is 2.33. The summed E-state index contributed by atoms with van der Waals surface area (Å²) < 4.78 is 1.59. The number of β-amino-alcohol motifs (C(OH)–C–C–N with tert-alkyl or cyclic N) is 1. The number of aliphatic hydroxyl groups excluding tert-OH is 1. The average molecular weight is 387 g/mol. The molecule has 0 saturated carbocycles. The Kier molecular flexibility index (Phi) is 4.24. The van der Waals surface area contributed by atoms with E-state index in [1.54, 1.807) is 15.5 Å². The van der Waals surface area contributed by atoms with Crippen molar-refractivity contribution < 1.29 is 9.90 Å². The molecule has 4 aromatic rings. The third-order valence-electron chi connectivity index (χ3n) is 5.68. The van der Waals surface area contributed by atoms with Gasteiger partial charge in [0.25, 0.3) is 11.7 Å². The van der Waals surface area contributed by atoms with Gasteiger partial charge in [-0.25, -0.2) is 4.98 Å². The summed E-state index contributed by atoms with van der Waals surface area (Å²) in [6.45, 7) is 2.69. The Morgan fingerprint density at radius 2 is 1.93 bits per heavy atom. The van der Waals surface area contributed by atoms with E-state index in [4.69, 9.17) is 0 Å². The minimum atomic E-state index is -0.631. The van der Waals surface area contributed by atoms with Crippen LogP contribution in [-0.2, 0) is 0 Å². The minimum Gasteiger partial charge on any atom is -0.391 e. The van der Waals surface area contributed by atoms with Crippen molar-refractivity contribution in [2.24, 2.45) is 0 Å². The van der Waals surface area contributed by atoms with Crippen LogP contribution in [0.2, 0.25) is 0 Å². The van der Waals surface area contributed by atoms with Gasteiger partial charge in [0.15, 0.2) is 0 Å². The molecule has 29 heavy (non-hydrogen) atoms. The maximum absolute atomic E-state index is 13.0. The van der Waals surface area contributed by atoms with Crippen molar-refractivity contribution in [3.05, 3.63) is 71.8 Å². The summed E-state index contributed by atoms with van der Waals surface area (Å²) in [5, 5.41) is 21.2. The summed E-state index contributed by atoms with van der Waals surface area (Å²) >= 11 is 0. The first kappa shape index (κ1) is 17.8. The largest absolute Gasteiger partial charge is 0.391 e. The molecule has 1 fully saturated rings. The maximum atomic E-state index is 13.0. The van der Waals surface area contributed by atoms with Crippen molar-refractivity contribution in [1.29, 1.82) is 0 Å². The smallest absolute Gasteiger partial charge is 0.292 e. The van der Waals surface area contributed by atoms with Gasteiger partial charge >= 0.3 is 0 Å². The number of benzene rings is 2. The van der Waals surface area contributed by atoms with Gasteiger partial charge in [0, 0.05) is 30.9 Å². The van der Waals surface area contributed by atoms with Crippen LogP contribution in [0.15, 0.2) is 54.7 Å². The van der Waals surface area contributed by atoms with Crippen molar-refractivity contribution in [2.45, 2.75) is 25.4 Å². The monoisotopic (exact) mass is 387 g/mol. The molecule has 0 aliphatic carbocycles. The van der Waals surface area contributed by atoms with Crippen LogP contribution in [0.1, 0.15) is 34.2 Å². The molecule has 0 unspecified atom stereocenters. The Hall–Kier alpha value is -3.32. The number of carbonyl (C=O) groups excluding carboxylic acids is 1. The number of nitrogens with zero attached hydrogens (tertiary/aromatic N) is 5. The first-order valence-electron chi connectivity index (χ1n) is 9.74. The number of hydrogen-bond donors (Lipinski definition) is 1. The quantitative estimate of drug-likeness (QED) is 0.572. The molecule has 5 rings (SSSR count). The number of fused-ring (bicyclic) bond motifs is 2. The third kappa shape index (κ3) is 3.13. The predicted octanol–water partition coefficient (Wildman–Crippen LogP) is 2.58. The van der Waals surface area contributed by atoms with Gasteiger partial charge in [0.1, 0.15) is 0 Å². The van der Waals surface area contributed by atoms with Crippen LogP contribution in [0.4, 0.5) is 0 Å². The molecule has 7 nitrogen and oxygen atoms in total. The predicted molar refractivity (Wildman–Crippen MR) is 109 cm³/mol. The molecule has 1 saturated heterocycles. The molecule has 0 bridgehead atoms. The average Bonchev–Trinajstić information content (AvgIpc) is 3.15. The van der Waals surface area contributed by atoms with E-state index in [0.717, 1.165) is 16.6 Å². The summed E-state index contributed by atoms with van der Waals surface area (Å²) in [7, 11) is 0. The minimum absolute atomic E-state index is 0.00289. The highest BCUT2D eigenvalue weighted by atomic mass is 16.3. The van der Waals surface area contributed by atoms with Crippen LogP contribution in [0.25, 0.3) is 16.6 Å². The molecule has 1 aliphatic heterocycles. The number of carbonyl (C=O) groups is 1. The fourth-order valence-electron chi connectivity index (χ4n) is 4.10. The van der Waals surface area contributed by atoms with E-state index in [1.165, 1.54) is 5.39 Å². The lowest BCUT2D eigenvalue weighted by atomic mass is 9.86. The lowest BCUT2D eigenvalue weighted by Gasteiger charge is -2.36. The Labute approximate surface area is 167 Å². The van der Waals surface area contributed by atoms with Crippen molar-refractivity contribution in [1.82, 2.24) is 24.5 Å². The third-order valence-corrected chi connectivity index (χ3v) is 5.68. The van der Waals surface area contributed by atoms with Crippen LogP contribution < -0.4 is 0 Å². The van der Waals surface area contributed by atoms with Crippen molar-refractivity contribution in [3.8, 4) is 0 Å². The van der Waals surface area contributed by atoms with E-state index in [2.05, 4.69) is 45.5 Å². The fourth-order valence-corrected chi connectivity index (χ4v) is 4.10. The number of rotatable bonds is 2. The van der Waals surface area contributed by atoms with Gasteiger partial charge in [-0.05, 0) is 35.7 Å². The Morgan fingerprint density at radius 3 is 2.76 bits per heavy atom. The maximum Gasteiger partial charge on any atom is 0.292 e. The lowest BCUT2D eigenvalue weighted by Crippen LogP contribution is -2.46. The zero-order chi connectivity index (χ0) is 20.0. The summed E-state index contributed by atoms with van der Waals surface area (Å²) in [4.78, 5) is 18.9. The molecule has 0 radical (unpaired) electrons. The van der Waals surface area contributed by atoms with Gasteiger partial charge in [-0.15, -0.1) is 10.2 Å². The molecule has 2 aromatic heterocycles. The van der Waals surface area contributed by atoms with E-state index in [0.29, 0.717) is 18.7 Å². The molecule has 1 aliphatic rings. The number of piperidine rings is 1. The first-order valence-corrected chi connectivity index (χ1v) is 9.74. The topological polar surface area (TPSA) is 83.6 Å². The second-order valence-corrected chi connectivity index (χ2v) is 7.58. The number of amides is 1. The number of likely N-dealkylation sites (tertiary alicyclic amines) is 1. The Bertz CT molecular complexity index is 1220. The van der Waals surface area contributed by atoms with Crippen LogP contribution in [0.5, 0.6) is 0 Å². The van der Waals surface area contributed by atoms with Crippen LogP contribution in [0, 0.1) is 6.92 Å². The number of hydrogen-bond acceptors (Lipinski definition) is 5. The number of aryl methyl sites for hydroxylation is 1. The van der Waals surface area contributed by atoms with Gasteiger partial charge < -0.3 is 10.0 Å². The molecule has 2 aromatic carbocycles. The number of aromatic nitrogens is 4. The Balaban J connectivity index is 1.36. The zero-order valence-electron chi connectivity index (χ0n) is 16.1. The van der Waals surface area contributed by atoms with Gasteiger partial charge in [-0.3, -0.25) is 9.20 Å². The SMILES string of the molecule is Cc1ccn2c(C(=O)N3CC[C@H](c4ccc5ccccc5c4)[C@@H](O)C3)nnc2n1. The van der Waals surface area contributed by atoms with Gasteiger partial charge in [0.2, 0.25) is 5.82 Å². The summed E-state index contributed by atoms with van der Waals surface area (Å²) in [6, 6.07) is 16.3. The summed E-state index contributed by atoms with van der Waals surface area (Å²) in [5.41, 5.74) is 1.92. The van der Waals surface area contributed by atoms with E-state index < -0.39 is 6.10 Å². The number of aliphatic hydroxyl groups is 1. The molecule has 146 valence electrons. The second-order valence-electron chi connectivity index (χ2n) is 7.58. The normalized spacial score (nSPS) is 19.7. The van der Waals surface area contributed by atoms with Gasteiger partial charge in [-0.1, -0.05) is 42.5 Å². The molecule has 2 atom stereocenters. The van der Waals surface area contributed by atoms with E-state index in [9.17, 15) is 9.90 Å². The van der Waals surface area contributed by atoms with E-state index in [-0.39, 0.29) is 24.2 Å². The molecule has 1 amide bonds. The van der Waals surface area contributed by atoms with Crippen LogP contribution in [-0.4, -0.2) is 54.7 Å². The van der Waals surface area contributed by atoms with Crippen molar-refractivity contribution in [3.63, 3.8) is 0 Å². The molecule has 3 heterocycles. The summed E-state index contributed by atoms with van der Waals surface area (Å²) in [5.74, 6) is 0.395.